The molecule has 0 radical (unpaired) electrons. The van der Waals surface area contributed by atoms with E-state index in [2.05, 4.69) is 16.8 Å². The summed E-state index contributed by atoms with van der Waals surface area (Å²) < 4.78 is 24.0. The van der Waals surface area contributed by atoms with Crippen LogP contribution in [0.5, 0.6) is 5.75 Å². The molecular formula is C14H13FN2O3. The van der Waals surface area contributed by atoms with Crippen molar-refractivity contribution in [3.63, 3.8) is 0 Å². The molecule has 0 unspecified atom stereocenters. The van der Waals surface area contributed by atoms with Gasteiger partial charge in [0.15, 0.2) is 11.6 Å². The topological polar surface area (TPSA) is 51.7 Å². The monoisotopic (exact) mass is 276 g/mol. The predicted octanol–water partition coefficient (Wildman–Crippen LogP) is 0.917. The van der Waals surface area contributed by atoms with Gasteiger partial charge in [-0.1, -0.05) is 5.92 Å². The van der Waals surface area contributed by atoms with Gasteiger partial charge >= 0.3 is 0 Å². The number of carbonyl (C=O) groups is 1. The lowest BCUT2D eigenvalue weighted by Crippen LogP contribution is -2.44. The highest BCUT2D eigenvalue weighted by molar-refractivity contribution is 5.93. The lowest BCUT2D eigenvalue weighted by atomic mass is 10.1. The first-order valence-electron chi connectivity index (χ1n) is 6.28. The van der Waals surface area contributed by atoms with Crippen LogP contribution in [0.1, 0.15) is 12.1 Å². The molecule has 0 aliphatic carbocycles. The Bertz CT molecular complexity index is 617. The maximum absolute atomic E-state index is 13.7. The lowest BCUT2D eigenvalue weighted by Gasteiger charge is -2.28. The summed E-state index contributed by atoms with van der Waals surface area (Å²) in [5, 5.41) is 0. The summed E-state index contributed by atoms with van der Waals surface area (Å²) in [7, 11) is 1.64. The van der Waals surface area contributed by atoms with Crippen LogP contribution < -0.4 is 9.64 Å². The van der Waals surface area contributed by atoms with Gasteiger partial charge in [-0.05, 0) is 18.1 Å². The van der Waals surface area contributed by atoms with Crippen molar-refractivity contribution in [2.24, 2.45) is 0 Å². The Balaban J connectivity index is 1.91. The summed E-state index contributed by atoms with van der Waals surface area (Å²) in [5.74, 6) is 6.07. The Morgan fingerprint density at radius 3 is 2.95 bits per heavy atom. The molecular weight excluding hydrogens is 263 g/mol. The summed E-state index contributed by atoms with van der Waals surface area (Å²) >= 11 is 0. The van der Waals surface area contributed by atoms with Crippen LogP contribution in [-0.4, -0.2) is 43.4 Å². The van der Waals surface area contributed by atoms with E-state index in [1.54, 1.807) is 19.2 Å². The van der Waals surface area contributed by atoms with Gasteiger partial charge in [-0.15, -0.1) is 0 Å². The standard InChI is InChI=1S/C14H13FN2O3/c1-17-12(18)5-7-20-11-3-2-10(16-13(11)17)4-6-14(15)8-19-9-14/h2-3H,5,7-9H2,1H3. The highest BCUT2D eigenvalue weighted by Gasteiger charge is 2.36. The van der Waals surface area contributed by atoms with Gasteiger partial charge in [0.25, 0.3) is 0 Å². The van der Waals surface area contributed by atoms with Crippen molar-refractivity contribution in [2.75, 3.05) is 31.8 Å². The van der Waals surface area contributed by atoms with Crippen LogP contribution >= 0.6 is 0 Å². The fraction of sp³-hybridized carbons (Fsp3) is 0.429. The molecule has 0 atom stereocenters. The Morgan fingerprint density at radius 2 is 2.25 bits per heavy atom. The smallest absolute Gasteiger partial charge is 0.231 e. The quantitative estimate of drug-likeness (QED) is 0.661. The number of rotatable bonds is 0. The minimum atomic E-state index is -1.58. The molecule has 0 bridgehead atoms. The largest absolute Gasteiger partial charge is 0.489 e. The summed E-state index contributed by atoms with van der Waals surface area (Å²) in [6, 6.07) is 3.35. The highest BCUT2D eigenvalue weighted by Crippen LogP contribution is 2.28. The van der Waals surface area contributed by atoms with Crippen molar-refractivity contribution in [3.8, 4) is 17.6 Å². The van der Waals surface area contributed by atoms with Gasteiger partial charge in [-0.2, -0.15) is 0 Å². The molecule has 104 valence electrons. The molecule has 2 aliphatic rings. The number of anilines is 1. The number of ether oxygens (including phenoxy) is 2. The minimum Gasteiger partial charge on any atom is -0.489 e. The molecule has 0 aromatic carbocycles. The zero-order valence-electron chi connectivity index (χ0n) is 11.0. The third-order valence-electron chi connectivity index (χ3n) is 3.18. The Labute approximate surface area is 115 Å². The molecule has 20 heavy (non-hydrogen) atoms. The Morgan fingerprint density at radius 1 is 1.45 bits per heavy atom. The van der Waals surface area contributed by atoms with Crippen LogP contribution in [0.4, 0.5) is 10.2 Å². The van der Waals surface area contributed by atoms with Gasteiger partial charge < -0.3 is 9.47 Å². The van der Waals surface area contributed by atoms with Gasteiger partial charge in [0.05, 0.1) is 26.2 Å². The van der Waals surface area contributed by atoms with Gasteiger partial charge in [0.1, 0.15) is 5.69 Å². The van der Waals surface area contributed by atoms with Crippen LogP contribution in [0.25, 0.3) is 0 Å². The Kier molecular flexibility index (Phi) is 3.07. The molecule has 1 aromatic heterocycles. The zero-order valence-corrected chi connectivity index (χ0v) is 11.0. The lowest BCUT2D eigenvalue weighted by molar-refractivity contribution is -0.118. The van der Waals surface area contributed by atoms with Crippen molar-refractivity contribution in [1.29, 1.82) is 0 Å². The molecule has 1 aromatic rings. The molecule has 0 saturated carbocycles. The number of hydrogen-bond donors (Lipinski definition) is 0. The van der Waals surface area contributed by atoms with E-state index in [1.807, 2.05) is 0 Å². The van der Waals surface area contributed by atoms with E-state index in [0.717, 1.165) is 0 Å². The van der Waals surface area contributed by atoms with E-state index < -0.39 is 5.67 Å². The van der Waals surface area contributed by atoms with E-state index in [9.17, 15) is 9.18 Å². The first kappa shape index (κ1) is 12.9. The first-order valence-corrected chi connectivity index (χ1v) is 6.28. The molecule has 1 saturated heterocycles. The number of pyridine rings is 1. The van der Waals surface area contributed by atoms with Crippen LogP contribution in [0, 0.1) is 11.8 Å². The minimum absolute atomic E-state index is 0.00750. The van der Waals surface area contributed by atoms with E-state index in [0.29, 0.717) is 30.3 Å². The molecule has 0 spiro atoms. The number of amides is 1. The number of hydrogen-bond acceptors (Lipinski definition) is 4. The fourth-order valence-corrected chi connectivity index (χ4v) is 1.92. The summed E-state index contributed by atoms with van der Waals surface area (Å²) in [4.78, 5) is 17.5. The van der Waals surface area contributed by atoms with Crippen LogP contribution in [0.3, 0.4) is 0 Å². The van der Waals surface area contributed by atoms with Gasteiger partial charge in [-0.3, -0.25) is 9.69 Å². The average molecular weight is 276 g/mol. The van der Waals surface area contributed by atoms with Gasteiger partial charge in [0, 0.05) is 7.05 Å². The molecule has 1 amide bonds. The van der Waals surface area contributed by atoms with Crippen LogP contribution in [0.2, 0.25) is 0 Å². The van der Waals surface area contributed by atoms with Crippen molar-refractivity contribution in [3.05, 3.63) is 17.8 Å². The van der Waals surface area contributed by atoms with Crippen molar-refractivity contribution in [2.45, 2.75) is 12.1 Å². The SMILES string of the molecule is CN1C(=O)CCOc2ccc(C#CC3(F)COC3)nc21. The average Bonchev–Trinajstić information content (AvgIpc) is 2.55. The highest BCUT2D eigenvalue weighted by atomic mass is 19.1. The number of carbonyl (C=O) groups excluding carboxylic acids is 1. The third-order valence-corrected chi connectivity index (χ3v) is 3.18. The molecule has 3 rings (SSSR count). The number of nitrogens with zero attached hydrogens (tertiary/aromatic N) is 2. The molecule has 0 N–H and O–H groups in total. The van der Waals surface area contributed by atoms with E-state index in [4.69, 9.17) is 9.47 Å². The zero-order chi connectivity index (χ0) is 14.2. The second-order valence-electron chi connectivity index (χ2n) is 4.78. The van der Waals surface area contributed by atoms with E-state index in [1.165, 1.54) is 4.90 Å². The number of fused-ring (bicyclic) bond motifs is 1. The molecule has 6 heteroatoms. The molecule has 2 aliphatic heterocycles. The van der Waals surface area contributed by atoms with E-state index >= 15 is 0 Å². The Hall–Kier alpha value is -2.13. The fourth-order valence-electron chi connectivity index (χ4n) is 1.92. The van der Waals surface area contributed by atoms with Gasteiger partial charge in [0.2, 0.25) is 11.6 Å². The van der Waals surface area contributed by atoms with E-state index in [-0.39, 0.29) is 19.1 Å². The maximum Gasteiger partial charge on any atom is 0.231 e. The molecule has 1 fully saturated rings. The van der Waals surface area contributed by atoms with Gasteiger partial charge in [-0.25, -0.2) is 9.37 Å². The number of alkyl halides is 1. The summed E-state index contributed by atoms with van der Waals surface area (Å²) in [5.41, 5.74) is -1.18. The number of halogens is 1. The second kappa shape index (κ2) is 4.76. The predicted molar refractivity (Wildman–Crippen MR) is 69.3 cm³/mol. The van der Waals surface area contributed by atoms with Crippen LogP contribution in [0.15, 0.2) is 12.1 Å². The maximum atomic E-state index is 13.7. The molecule has 5 nitrogen and oxygen atoms in total. The normalized spacial score (nSPS) is 19.9. The van der Waals surface area contributed by atoms with Crippen molar-refractivity contribution >= 4 is 11.7 Å². The van der Waals surface area contributed by atoms with Crippen LogP contribution in [-0.2, 0) is 9.53 Å². The summed E-state index contributed by atoms with van der Waals surface area (Å²) in [6.45, 7) is 0.312. The number of aromatic nitrogens is 1. The summed E-state index contributed by atoms with van der Waals surface area (Å²) in [6.07, 6.45) is 0.304. The second-order valence-corrected chi connectivity index (χ2v) is 4.78. The first-order chi connectivity index (χ1) is 9.57. The third kappa shape index (κ3) is 2.32. The molecule has 3 heterocycles. The van der Waals surface area contributed by atoms with Crippen molar-refractivity contribution < 1.29 is 18.7 Å². The van der Waals surface area contributed by atoms with Crippen molar-refractivity contribution in [1.82, 2.24) is 4.98 Å².